The van der Waals surface area contributed by atoms with Crippen LogP contribution in [0.4, 0.5) is 0 Å². The van der Waals surface area contributed by atoms with Gasteiger partial charge in [0.15, 0.2) is 0 Å². The number of rotatable bonds is 0. The van der Waals surface area contributed by atoms with Crippen molar-refractivity contribution < 1.29 is 0 Å². The van der Waals surface area contributed by atoms with Crippen molar-refractivity contribution in [3.05, 3.63) is 13.8 Å². The van der Waals surface area contributed by atoms with Gasteiger partial charge in [-0.2, -0.15) is 13.8 Å². The molecule has 2 heteroatoms. The Bertz CT molecular complexity index is 7.51. The summed E-state index contributed by atoms with van der Waals surface area (Å²) in [6, 6.07) is 0. The van der Waals surface area contributed by atoms with Crippen molar-refractivity contribution in [2.24, 2.45) is 0 Å². The molecule has 0 spiro atoms. The van der Waals surface area contributed by atoms with Gasteiger partial charge in [0.25, 0.3) is 0 Å². The van der Waals surface area contributed by atoms with Crippen molar-refractivity contribution in [2.75, 3.05) is 0 Å². The van der Waals surface area contributed by atoms with E-state index in [1.807, 2.05) is 20.3 Å². The van der Waals surface area contributed by atoms with Crippen LogP contribution in [0.5, 0.6) is 0 Å². The van der Waals surface area contributed by atoms with Gasteiger partial charge in [0.1, 0.15) is 0 Å². The Morgan fingerprint density at radius 3 is 1.17 bits per heavy atom. The Balaban J connectivity index is -0.00000000667. The van der Waals surface area contributed by atoms with Gasteiger partial charge in [-0.15, -0.1) is 12.4 Å². The predicted molar refractivity (Wildman–Crippen MR) is 35.1 cm³/mol. The summed E-state index contributed by atoms with van der Waals surface area (Å²) in [4.78, 5) is 0. The molecule has 0 nitrogen and oxygen atoms in total. The molecule has 0 heterocycles. The molecule has 0 rings (SSSR count). The van der Waals surface area contributed by atoms with Crippen LogP contribution in [0.3, 0.4) is 0 Å². The van der Waals surface area contributed by atoms with Gasteiger partial charge in [-0.1, -0.05) is 0 Å². The van der Waals surface area contributed by atoms with Gasteiger partial charge in [0.2, 0.25) is 0 Å². The fourth-order valence-electron chi connectivity index (χ4n) is 0. The van der Waals surface area contributed by atoms with Crippen LogP contribution in [0, 0.1) is 13.8 Å². The maximum Gasteiger partial charge on any atom is 2.00 e. The molecule has 0 aromatic rings. The van der Waals surface area contributed by atoms with Gasteiger partial charge in [-0.25, -0.2) is 0 Å². The Morgan fingerprint density at radius 2 is 1.17 bits per heavy atom. The number of hydrogen-bond acceptors (Lipinski definition) is 0. The molecule has 0 unspecified atom stereocenters. The molecule has 0 aliphatic carbocycles. The molecule has 0 aromatic heterocycles. The van der Waals surface area contributed by atoms with E-state index in [9.17, 15) is 0 Å². The summed E-state index contributed by atoms with van der Waals surface area (Å²) in [6.07, 6.45) is 2.00. The first-order chi connectivity index (χ1) is 1.41. The average molecular weight is 119 g/mol. The van der Waals surface area contributed by atoms with Crippen molar-refractivity contribution >= 4 is 35.5 Å². The van der Waals surface area contributed by atoms with Crippen LogP contribution in [0.15, 0.2) is 0 Å². The van der Waals surface area contributed by atoms with E-state index in [0.29, 0.717) is 0 Å². The summed E-state index contributed by atoms with van der Waals surface area (Å²) in [6.45, 7) is 4.00. The first-order valence-corrected chi connectivity index (χ1v) is 1.15. The second-order valence-corrected chi connectivity index (χ2v) is 0.577. The van der Waals surface area contributed by atoms with Crippen molar-refractivity contribution in [1.82, 2.24) is 0 Å². The molecular formula is C4H11ClMg. The van der Waals surface area contributed by atoms with Crippen molar-refractivity contribution in [3.8, 4) is 0 Å². The Labute approximate surface area is 63.3 Å². The van der Waals surface area contributed by atoms with E-state index in [4.69, 9.17) is 0 Å². The summed E-state index contributed by atoms with van der Waals surface area (Å²) in [7, 11) is 0. The Morgan fingerprint density at radius 1 is 1.17 bits per heavy atom. The van der Waals surface area contributed by atoms with Gasteiger partial charge in [-0.05, 0) is 0 Å². The third kappa shape index (κ3) is 74.6. The standard InChI is InChI=1S/C3H7.CH3.ClH.Mg/c1-3-2;;;/h3H,1-2H3;1H3;1H;/q2*-1;;+2. The fraction of sp³-hybridized carbons (Fsp3) is 0.500. The van der Waals surface area contributed by atoms with E-state index < -0.39 is 0 Å². The van der Waals surface area contributed by atoms with Crippen LogP contribution in [0.1, 0.15) is 13.8 Å². The fourth-order valence-corrected chi connectivity index (χ4v) is 0. The molecule has 0 amide bonds. The molecule has 0 atom stereocenters. The van der Waals surface area contributed by atoms with Crippen LogP contribution >= 0.6 is 12.4 Å². The minimum atomic E-state index is 0. The van der Waals surface area contributed by atoms with E-state index in [1.165, 1.54) is 0 Å². The Hall–Kier alpha value is 1.06. The van der Waals surface area contributed by atoms with Gasteiger partial charge >= 0.3 is 23.1 Å². The summed E-state index contributed by atoms with van der Waals surface area (Å²) < 4.78 is 0. The molecule has 6 heavy (non-hydrogen) atoms. The maximum atomic E-state index is 2.00. The molecule has 0 fully saturated rings. The van der Waals surface area contributed by atoms with Crippen LogP contribution in [-0.2, 0) is 0 Å². The molecule has 0 bridgehead atoms. The van der Waals surface area contributed by atoms with E-state index in [1.54, 1.807) is 0 Å². The molecular weight excluding hydrogens is 108 g/mol. The molecule has 0 aliphatic rings. The van der Waals surface area contributed by atoms with E-state index in [-0.39, 0.29) is 42.9 Å². The van der Waals surface area contributed by atoms with E-state index >= 15 is 0 Å². The molecule has 0 aromatic carbocycles. The maximum absolute atomic E-state index is 2.00. The molecule has 0 aliphatic heterocycles. The van der Waals surface area contributed by atoms with Gasteiger partial charge in [0.05, 0.1) is 0 Å². The summed E-state index contributed by atoms with van der Waals surface area (Å²) in [5.74, 6) is 0. The normalized spacial score (nSPS) is 3.00. The summed E-state index contributed by atoms with van der Waals surface area (Å²) in [5.41, 5.74) is 0. The second-order valence-electron chi connectivity index (χ2n) is 0.577. The van der Waals surface area contributed by atoms with Crippen LogP contribution in [0.2, 0.25) is 0 Å². The van der Waals surface area contributed by atoms with Gasteiger partial charge in [0, 0.05) is 0 Å². The molecule has 0 saturated heterocycles. The van der Waals surface area contributed by atoms with Crippen LogP contribution < -0.4 is 0 Å². The SMILES string of the molecule is C[CH-]C.Cl.[CH3-].[Mg+2]. The largest absolute Gasteiger partial charge is 2.00 e. The Kier molecular flexibility index (Phi) is 169. The zero-order valence-electron chi connectivity index (χ0n) is 4.69. The molecule has 0 N–H and O–H groups in total. The quantitative estimate of drug-likeness (QED) is 0.336. The summed E-state index contributed by atoms with van der Waals surface area (Å²) in [5, 5.41) is 0. The van der Waals surface area contributed by atoms with Gasteiger partial charge in [-0.3, -0.25) is 0 Å². The van der Waals surface area contributed by atoms with Crippen LogP contribution in [-0.4, -0.2) is 23.1 Å². The van der Waals surface area contributed by atoms with Crippen molar-refractivity contribution in [1.29, 1.82) is 0 Å². The topological polar surface area (TPSA) is 0 Å². The molecule has 36 valence electrons. The predicted octanol–water partition coefficient (Wildman–Crippen LogP) is 1.72. The smallest absolute Gasteiger partial charge is 0.358 e. The zero-order chi connectivity index (χ0) is 2.71. The first kappa shape index (κ1) is 27.7. The summed E-state index contributed by atoms with van der Waals surface area (Å²) >= 11 is 0. The first-order valence-electron chi connectivity index (χ1n) is 1.15. The van der Waals surface area contributed by atoms with E-state index in [0.717, 1.165) is 0 Å². The van der Waals surface area contributed by atoms with E-state index in [2.05, 4.69) is 0 Å². The number of halogens is 1. The third-order valence-corrected chi connectivity index (χ3v) is 0. The molecule has 0 saturated carbocycles. The average Bonchev–Trinajstić information content (AvgIpc) is 0.918. The number of hydrogen-bond donors (Lipinski definition) is 0. The van der Waals surface area contributed by atoms with Crippen molar-refractivity contribution in [2.45, 2.75) is 13.8 Å². The zero-order valence-corrected chi connectivity index (χ0v) is 6.92. The van der Waals surface area contributed by atoms with Crippen molar-refractivity contribution in [3.63, 3.8) is 0 Å². The van der Waals surface area contributed by atoms with Gasteiger partial charge < -0.3 is 13.8 Å². The second kappa shape index (κ2) is 36.6. The minimum Gasteiger partial charge on any atom is -0.358 e. The monoisotopic (exact) mass is 118 g/mol. The third-order valence-electron chi connectivity index (χ3n) is 0. The van der Waals surface area contributed by atoms with Crippen LogP contribution in [0.25, 0.3) is 0 Å². The minimum absolute atomic E-state index is 0. The molecule has 0 radical (unpaired) electrons.